The Morgan fingerprint density at radius 2 is 2.04 bits per heavy atom. The highest BCUT2D eigenvalue weighted by Crippen LogP contribution is 2.23. The molecule has 120 valence electrons. The van der Waals surface area contributed by atoms with Crippen molar-refractivity contribution >= 4 is 10.8 Å². The minimum atomic E-state index is -0.104. The molecule has 0 spiro atoms. The van der Waals surface area contributed by atoms with E-state index >= 15 is 0 Å². The van der Waals surface area contributed by atoms with Crippen LogP contribution in [0.2, 0.25) is 0 Å². The Balaban J connectivity index is 1.99. The number of oxazole rings is 1. The van der Waals surface area contributed by atoms with E-state index in [0.717, 1.165) is 11.1 Å². The van der Waals surface area contributed by atoms with Crippen LogP contribution in [0, 0.1) is 0 Å². The van der Waals surface area contributed by atoms with Crippen molar-refractivity contribution in [2.24, 2.45) is 0 Å². The molecule has 1 aromatic carbocycles. The maximum atomic E-state index is 12.6. The zero-order valence-electron chi connectivity index (χ0n) is 13.8. The molecule has 0 amide bonds. The van der Waals surface area contributed by atoms with Gasteiger partial charge in [0.2, 0.25) is 5.89 Å². The van der Waals surface area contributed by atoms with Gasteiger partial charge < -0.3 is 13.7 Å². The van der Waals surface area contributed by atoms with Crippen molar-refractivity contribution in [2.45, 2.75) is 32.7 Å². The zero-order chi connectivity index (χ0) is 16.6. The van der Waals surface area contributed by atoms with E-state index in [1.807, 2.05) is 18.2 Å². The molecule has 3 aromatic rings. The highest BCUT2D eigenvalue weighted by molar-refractivity contribution is 5.82. The number of fused-ring (bicyclic) bond motifs is 1. The Kier molecular flexibility index (Phi) is 3.72. The number of methoxy groups -OCH3 is 1. The lowest BCUT2D eigenvalue weighted by atomic mass is 9.94. The number of aromatic nitrogens is 2. The molecule has 0 fully saturated rings. The van der Waals surface area contributed by atoms with Crippen molar-refractivity contribution < 1.29 is 9.15 Å². The lowest BCUT2D eigenvalue weighted by Crippen LogP contribution is -2.20. The second-order valence-electron chi connectivity index (χ2n) is 6.57. The highest BCUT2D eigenvalue weighted by atomic mass is 16.5. The third-order valence-corrected chi connectivity index (χ3v) is 3.78. The lowest BCUT2D eigenvalue weighted by molar-refractivity contribution is 0.376. The van der Waals surface area contributed by atoms with E-state index < -0.39 is 0 Å². The monoisotopic (exact) mass is 312 g/mol. The molecule has 23 heavy (non-hydrogen) atoms. The van der Waals surface area contributed by atoms with Gasteiger partial charge in [0.05, 0.1) is 18.7 Å². The number of rotatable bonds is 3. The Morgan fingerprint density at radius 1 is 1.26 bits per heavy atom. The van der Waals surface area contributed by atoms with Gasteiger partial charge in [-0.2, -0.15) is 0 Å². The Morgan fingerprint density at radius 3 is 2.70 bits per heavy atom. The van der Waals surface area contributed by atoms with Crippen molar-refractivity contribution in [1.82, 2.24) is 9.55 Å². The molecule has 0 bridgehead atoms. The molecule has 0 aliphatic heterocycles. The average molecular weight is 312 g/mol. The van der Waals surface area contributed by atoms with Crippen LogP contribution in [-0.2, 0) is 12.0 Å². The van der Waals surface area contributed by atoms with Gasteiger partial charge in [-0.05, 0) is 23.6 Å². The van der Waals surface area contributed by atoms with E-state index in [9.17, 15) is 4.79 Å². The third kappa shape index (κ3) is 2.99. The minimum absolute atomic E-state index is 0.0862. The summed E-state index contributed by atoms with van der Waals surface area (Å²) >= 11 is 0. The molecule has 0 saturated heterocycles. The second-order valence-corrected chi connectivity index (χ2v) is 6.57. The summed E-state index contributed by atoms with van der Waals surface area (Å²) < 4.78 is 12.6. The number of pyridine rings is 1. The first-order valence-electron chi connectivity index (χ1n) is 7.51. The number of nitrogens with zero attached hydrogens (tertiary/aromatic N) is 2. The van der Waals surface area contributed by atoms with Gasteiger partial charge in [0.25, 0.3) is 5.56 Å². The Labute approximate surface area is 134 Å². The molecule has 2 heterocycles. The summed E-state index contributed by atoms with van der Waals surface area (Å²) in [6.45, 7) is 6.49. The normalized spacial score (nSPS) is 11.8. The maximum absolute atomic E-state index is 12.6. The van der Waals surface area contributed by atoms with Crippen LogP contribution >= 0.6 is 0 Å². The second kappa shape index (κ2) is 5.57. The smallest absolute Gasteiger partial charge is 0.259 e. The van der Waals surface area contributed by atoms with E-state index in [1.165, 1.54) is 0 Å². The summed E-state index contributed by atoms with van der Waals surface area (Å²) in [4.78, 5) is 16.9. The average Bonchev–Trinajstić information content (AvgIpc) is 2.99. The maximum Gasteiger partial charge on any atom is 0.259 e. The van der Waals surface area contributed by atoms with Crippen LogP contribution in [0.5, 0.6) is 5.75 Å². The molecule has 0 unspecified atom stereocenters. The molecule has 5 nitrogen and oxygen atoms in total. The van der Waals surface area contributed by atoms with Crippen LogP contribution < -0.4 is 10.3 Å². The number of ether oxygens (including phenoxy) is 1. The van der Waals surface area contributed by atoms with Crippen molar-refractivity contribution in [3.8, 4) is 5.75 Å². The lowest BCUT2D eigenvalue weighted by Gasteiger charge is -2.13. The molecule has 0 N–H and O–H groups in total. The van der Waals surface area contributed by atoms with Crippen LogP contribution in [-0.4, -0.2) is 16.7 Å². The zero-order valence-corrected chi connectivity index (χ0v) is 13.8. The predicted octanol–water partition coefficient (Wildman–Crippen LogP) is 3.34. The fourth-order valence-electron chi connectivity index (χ4n) is 2.39. The summed E-state index contributed by atoms with van der Waals surface area (Å²) in [5.41, 5.74) is -0.190. The molecule has 0 atom stereocenters. The largest absolute Gasteiger partial charge is 0.497 e. The van der Waals surface area contributed by atoms with Crippen molar-refractivity contribution in [2.75, 3.05) is 7.11 Å². The molecule has 3 rings (SSSR count). The van der Waals surface area contributed by atoms with Gasteiger partial charge in [-0.1, -0.05) is 26.8 Å². The Hall–Kier alpha value is -2.56. The molecular weight excluding hydrogens is 292 g/mol. The minimum Gasteiger partial charge on any atom is -0.497 e. The summed E-state index contributed by atoms with van der Waals surface area (Å²) in [7, 11) is 1.59. The standard InChI is InChI=1S/C18H20N2O3/c1-18(2,3)15-10-19-16(23-15)11-20-8-7-12-5-6-13(22-4)9-14(12)17(20)21/h5-10H,11H2,1-4H3. The first-order valence-corrected chi connectivity index (χ1v) is 7.51. The van der Waals surface area contributed by atoms with Gasteiger partial charge in [0.15, 0.2) is 0 Å². The van der Waals surface area contributed by atoms with Gasteiger partial charge in [0.1, 0.15) is 18.1 Å². The van der Waals surface area contributed by atoms with Crippen molar-refractivity contribution in [3.63, 3.8) is 0 Å². The van der Waals surface area contributed by atoms with Crippen LogP contribution in [0.3, 0.4) is 0 Å². The van der Waals surface area contributed by atoms with Crippen molar-refractivity contribution in [3.05, 3.63) is 58.7 Å². The topological polar surface area (TPSA) is 57.3 Å². The predicted molar refractivity (Wildman–Crippen MR) is 89.1 cm³/mol. The summed E-state index contributed by atoms with van der Waals surface area (Å²) in [6, 6.07) is 7.38. The van der Waals surface area contributed by atoms with Crippen LogP contribution in [0.4, 0.5) is 0 Å². The summed E-state index contributed by atoms with van der Waals surface area (Å²) in [5.74, 6) is 2.00. The van der Waals surface area contributed by atoms with Gasteiger partial charge >= 0.3 is 0 Å². The fourth-order valence-corrected chi connectivity index (χ4v) is 2.39. The van der Waals surface area contributed by atoms with E-state index in [4.69, 9.17) is 9.15 Å². The SMILES string of the molecule is COc1ccc2ccn(Cc3ncc(C(C)(C)C)o3)c(=O)c2c1. The highest BCUT2D eigenvalue weighted by Gasteiger charge is 2.19. The van der Waals surface area contributed by atoms with E-state index in [2.05, 4.69) is 25.8 Å². The van der Waals surface area contributed by atoms with Gasteiger partial charge in [0, 0.05) is 11.6 Å². The number of benzene rings is 1. The van der Waals surface area contributed by atoms with Crippen LogP contribution in [0.25, 0.3) is 10.8 Å². The third-order valence-electron chi connectivity index (χ3n) is 3.78. The molecule has 5 heteroatoms. The molecule has 2 aromatic heterocycles. The molecular formula is C18H20N2O3. The molecule has 0 aliphatic rings. The van der Waals surface area contributed by atoms with Gasteiger partial charge in [-0.3, -0.25) is 4.79 Å². The van der Waals surface area contributed by atoms with Crippen LogP contribution in [0.15, 0.2) is 45.9 Å². The molecule has 0 radical (unpaired) electrons. The van der Waals surface area contributed by atoms with E-state index in [1.54, 1.807) is 30.1 Å². The molecule has 0 aliphatic carbocycles. The van der Waals surface area contributed by atoms with E-state index in [0.29, 0.717) is 23.6 Å². The number of hydrogen-bond donors (Lipinski definition) is 0. The fraction of sp³-hybridized carbons (Fsp3) is 0.333. The Bertz CT molecular complexity index is 901. The number of hydrogen-bond acceptors (Lipinski definition) is 4. The first kappa shape index (κ1) is 15.3. The van der Waals surface area contributed by atoms with Crippen molar-refractivity contribution in [1.29, 1.82) is 0 Å². The summed E-state index contributed by atoms with van der Waals surface area (Å²) in [6.07, 6.45) is 3.49. The summed E-state index contributed by atoms with van der Waals surface area (Å²) in [5, 5.41) is 1.50. The van der Waals surface area contributed by atoms with Crippen LogP contribution in [0.1, 0.15) is 32.4 Å². The molecule has 0 saturated carbocycles. The van der Waals surface area contributed by atoms with E-state index in [-0.39, 0.29) is 11.0 Å². The first-order chi connectivity index (χ1) is 10.9. The van der Waals surface area contributed by atoms with Gasteiger partial charge in [-0.25, -0.2) is 4.98 Å². The quantitative estimate of drug-likeness (QED) is 0.744. The van der Waals surface area contributed by atoms with Gasteiger partial charge in [-0.15, -0.1) is 0 Å².